The van der Waals surface area contributed by atoms with Crippen LogP contribution in [0.15, 0.2) is 12.1 Å². The largest absolute Gasteiger partial charge is 0.495 e. The van der Waals surface area contributed by atoms with Gasteiger partial charge in [-0.3, -0.25) is 0 Å². The van der Waals surface area contributed by atoms with Gasteiger partial charge in [0, 0.05) is 26.3 Å². The molecule has 100 valence electrons. The molecule has 0 unspecified atom stereocenters. The molecule has 0 saturated carbocycles. The molecule has 0 amide bonds. The van der Waals surface area contributed by atoms with E-state index < -0.39 is 0 Å². The van der Waals surface area contributed by atoms with Gasteiger partial charge >= 0.3 is 0 Å². The fraction of sp³-hybridized carbons (Fsp3) is 0.538. The van der Waals surface area contributed by atoms with Crippen LogP contribution in [-0.4, -0.2) is 33.4 Å². The third kappa shape index (κ3) is 2.65. The predicted octanol–water partition coefficient (Wildman–Crippen LogP) is 2.55. The molecule has 0 aromatic heterocycles. The summed E-state index contributed by atoms with van der Waals surface area (Å²) in [7, 11) is 3.38. The Labute approximate surface area is 113 Å². The van der Waals surface area contributed by atoms with Gasteiger partial charge in [0.25, 0.3) is 0 Å². The maximum atomic E-state index is 6.25. The molecule has 0 atom stereocenters. The van der Waals surface area contributed by atoms with Gasteiger partial charge in [-0.25, -0.2) is 0 Å². The van der Waals surface area contributed by atoms with Gasteiger partial charge in [-0.05, 0) is 18.9 Å². The van der Waals surface area contributed by atoms with E-state index in [1.807, 2.05) is 6.07 Å². The maximum Gasteiger partial charge on any atom is 0.143 e. The van der Waals surface area contributed by atoms with E-state index in [-0.39, 0.29) is 0 Å². The van der Waals surface area contributed by atoms with Crippen molar-refractivity contribution in [2.45, 2.75) is 18.9 Å². The zero-order valence-corrected chi connectivity index (χ0v) is 11.5. The number of methoxy groups -OCH3 is 2. The molecular formula is C13H19ClN2O2. The summed E-state index contributed by atoms with van der Waals surface area (Å²) in [4.78, 5) is 2.25. The Hall–Kier alpha value is -1.13. The number of hydrogen-bond donors (Lipinski definition) is 1. The molecule has 0 radical (unpaired) electrons. The van der Waals surface area contributed by atoms with E-state index >= 15 is 0 Å². The smallest absolute Gasteiger partial charge is 0.143 e. The van der Waals surface area contributed by atoms with E-state index in [2.05, 4.69) is 4.90 Å². The van der Waals surface area contributed by atoms with Crippen LogP contribution in [0.1, 0.15) is 12.8 Å². The average molecular weight is 271 g/mol. The predicted molar refractivity (Wildman–Crippen MR) is 74.7 cm³/mol. The molecule has 0 spiro atoms. The second-order valence-corrected chi connectivity index (χ2v) is 4.87. The number of halogens is 1. The SMILES string of the molecule is COc1cc(N2CCC(OC)CC2)c(Cl)cc1N. The molecule has 2 rings (SSSR count). The summed E-state index contributed by atoms with van der Waals surface area (Å²) in [6.45, 7) is 1.87. The summed E-state index contributed by atoms with van der Waals surface area (Å²) in [6.07, 6.45) is 2.38. The summed E-state index contributed by atoms with van der Waals surface area (Å²) in [5, 5.41) is 0.671. The van der Waals surface area contributed by atoms with Gasteiger partial charge in [0.1, 0.15) is 5.75 Å². The van der Waals surface area contributed by atoms with Gasteiger partial charge in [0.05, 0.1) is 29.6 Å². The Balaban J connectivity index is 2.18. The number of nitrogens with zero attached hydrogens (tertiary/aromatic N) is 1. The van der Waals surface area contributed by atoms with Gasteiger partial charge in [0.15, 0.2) is 0 Å². The summed E-state index contributed by atoms with van der Waals surface area (Å²) >= 11 is 6.25. The van der Waals surface area contributed by atoms with E-state index in [0.717, 1.165) is 31.6 Å². The number of nitrogen functional groups attached to an aromatic ring is 1. The summed E-state index contributed by atoms with van der Waals surface area (Å²) in [5.74, 6) is 0.670. The number of nitrogens with two attached hydrogens (primary N) is 1. The molecule has 1 aliphatic heterocycles. The third-order valence-electron chi connectivity index (χ3n) is 3.42. The highest BCUT2D eigenvalue weighted by Crippen LogP contribution is 2.36. The zero-order valence-electron chi connectivity index (χ0n) is 10.8. The molecule has 18 heavy (non-hydrogen) atoms. The minimum atomic E-state index is 0.357. The maximum absolute atomic E-state index is 6.25. The second-order valence-electron chi connectivity index (χ2n) is 4.47. The van der Waals surface area contributed by atoms with Crippen molar-refractivity contribution in [3.63, 3.8) is 0 Å². The highest BCUT2D eigenvalue weighted by Gasteiger charge is 2.21. The van der Waals surface area contributed by atoms with Crippen LogP contribution in [0.2, 0.25) is 5.02 Å². The number of piperidine rings is 1. The number of hydrogen-bond acceptors (Lipinski definition) is 4. The Kier molecular flexibility index (Phi) is 4.19. The minimum Gasteiger partial charge on any atom is -0.495 e. The van der Waals surface area contributed by atoms with E-state index in [1.165, 1.54) is 0 Å². The fourth-order valence-electron chi connectivity index (χ4n) is 2.31. The Morgan fingerprint density at radius 1 is 1.28 bits per heavy atom. The van der Waals surface area contributed by atoms with Gasteiger partial charge in [-0.2, -0.15) is 0 Å². The second kappa shape index (κ2) is 5.67. The van der Waals surface area contributed by atoms with Gasteiger partial charge < -0.3 is 20.1 Å². The van der Waals surface area contributed by atoms with Crippen LogP contribution < -0.4 is 15.4 Å². The summed E-state index contributed by atoms with van der Waals surface area (Å²) in [6, 6.07) is 3.66. The number of anilines is 2. The highest BCUT2D eigenvalue weighted by atomic mass is 35.5. The molecule has 1 aliphatic rings. The van der Waals surface area contributed by atoms with Crippen molar-refractivity contribution in [1.29, 1.82) is 0 Å². The van der Waals surface area contributed by atoms with E-state index in [1.54, 1.807) is 20.3 Å². The van der Waals surface area contributed by atoms with E-state index in [4.69, 9.17) is 26.8 Å². The Morgan fingerprint density at radius 2 is 1.94 bits per heavy atom. The minimum absolute atomic E-state index is 0.357. The number of ether oxygens (including phenoxy) is 2. The fourth-order valence-corrected chi connectivity index (χ4v) is 2.60. The van der Waals surface area contributed by atoms with Crippen molar-refractivity contribution in [1.82, 2.24) is 0 Å². The molecule has 1 aromatic rings. The first kappa shape index (κ1) is 13.3. The van der Waals surface area contributed by atoms with E-state index in [9.17, 15) is 0 Å². The average Bonchev–Trinajstić information content (AvgIpc) is 2.39. The van der Waals surface area contributed by atoms with Crippen molar-refractivity contribution in [3.8, 4) is 5.75 Å². The zero-order chi connectivity index (χ0) is 13.1. The highest BCUT2D eigenvalue weighted by molar-refractivity contribution is 6.33. The van der Waals surface area contributed by atoms with Crippen LogP contribution in [0.25, 0.3) is 0 Å². The normalized spacial score (nSPS) is 16.9. The molecule has 1 fully saturated rings. The van der Waals surface area contributed by atoms with Crippen LogP contribution >= 0.6 is 11.6 Å². The molecule has 1 heterocycles. The first-order chi connectivity index (χ1) is 8.65. The van der Waals surface area contributed by atoms with Crippen LogP contribution in [0.3, 0.4) is 0 Å². The van der Waals surface area contributed by atoms with Gasteiger partial charge in [0.2, 0.25) is 0 Å². The van der Waals surface area contributed by atoms with E-state index in [0.29, 0.717) is 22.6 Å². The van der Waals surface area contributed by atoms with Crippen LogP contribution in [-0.2, 0) is 4.74 Å². The summed E-state index contributed by atoms with van der Waals surface area (Å²) in [5.41, 5.74) is 7.38. The van der Waals surface area contributed by atoms with Gasteiger partial charge in [-0.1, -0.05) is 11.6 Å². The lowest BCUT2D eigenvalue weighted by atomic mass is 10.1. The lowest BCUT2D eigenvalue weighted by Gasteiger charge is -2.33. The lowest BCUT2D eigenvalue weighted by molar-refractivity contribution is 0.0819. The third-order valence-corrected chi connectivity index (χ3v) is 3.72. The lowest BCUT2D eigenvalue weighted by Crippen LogP contribution is -2.36. The van der Waals surface area contributed by atoms with Crippen molar-refractivity contribution >= 4 is 23.0 Å². The molecule has 1 aromatic carbocycles. The molecule has 5 heteroatoms. The number of benzene rings is 1. The molecule has 1 saturated heterocycles. The molecule has 2 N–H and O–H groups in total. The summed E-state index contributed by atoms with van der Waals surface area (Å²) < 4.78 is 10.6. The Bertz CT molecular complexity index is 418. The molecule has 4 nitrogen and oxygen atoms in total. The van der Waals surface area contributed by atoms with Gasteiger partial charge in [-0.15, -0.1) is 0 Å². The standard InChI is InChI=1S/C13H19ClN2O2/c1-17-9-3-5-16(6-4-9)12-8-13(18-2)11(15)7-10(12)14/h7-9H,3-6,15H2,1-2H3. The molecule has 0 aliphatic carbocycles. The van der Waals surface area contributed by atoms with Crippen LogP contribution in [0.5, 0.6) is 5.75 Å². The molecular weight excluding hydrogens is 252 g/mol. The first-order valence-corrected chi connectivity index (χ1v) is 6.44. The number of rotatable bonds is 3. The first-order valence-electron chi connectivity index (χ1n) is 6.06. The quantitative estimate of drug-likeness (QED) is 0.858. The monoisotopic (exact) mass is 270 g/mol. The molecule has 0 bridgehead atoms. The Morgan fingerprint density at radius 3 is 2.50 bits per heavy atom. The van der Waals surface area contributed by atoms with Crippen molar-refractivity contribution in [2.24, 2.45) is 0 Å². The van der Waals surface area contributed by atoms with Crippen molar-refractivity contribution in [2.75, 3.05) is 37.9 Å². The van der Waals surface area contributed by atoms with Crippen molar-refractivity contribution < 1.29 is 9.47 Å². The van der Waals surface area contributed by atoms with Crippen molar-refractivity contribution in [3.05, 3.63) is 17.2 Å². The van der Waals surface area contributed by atoms with Crippen LogP contribution in [0, 0.1) is 0 Å². The van der Waals surface area contributed by atoms with Crippen LogP contribution in [0.4, 0.5) is 11.4 Å². The topological polar surface area (TPSA) is 47.7 Å².